The molecule has 1 radical (unpaired) electrons. The van der Waals surface area contributed by atoms with Crippen LogP contribution in [0.3, 0.4) is 0 Å². The van der Waals surface area contributed by atoms with E-state index in [-0.39, 0.29) is 6.04 Å². The van der Waals surface area contributed by atoms with E-state index in [9.17, 15) is 8.42 Å². The minimum atomic E-state index is -2.37. The first-order valence-corrected chi connectivity index (χ1v) is 5.03. The molecule has 1 aliphatic carbocycles. The first-order chi connectivity index (χ1) is 5.22. The highest BCUT2D eigenvalue weighted by Crippen LogP contribution is 2.20. The summed E-state index contributed by atoms with van der Waals surface area (Å²) in [5, 5.41) is 0. The lowest BCUT2D eigenvalue weighted by Gasteiger charge is -2.26. The molecular weight excluding hydrogens is 162 g/mol. The van der Waals surface area contributed by atoms with E-state index >= 15 is 0 Å². The Morgan fingerprint density at radius 3 is 2.36 bits per heavy atom. The third-order valence-electron chi connectivity index (χ3n) is 2.19. The van der Waals surface area contributed by atoms with Gasteiger partial charge in [0.1, 0.15) is 0 Å². The SMILES string of the molecule is CN(C1CC[CH]CC1)[SH](=O)=O. The van der Waals surface area contributed by atoms with Gasteiger partial charge in [0.2, 0.25) is 10.9 Å². The van der Waals surface area contributed by atoms with Gasteiger partial charge in [-0.1, -0.05) is 0 Å². The molecule has 0 spiro atoms. The zero-order valence-corrected chi connectivity index (χ0v) is 7.59. The molecule has 1 saturated carbocycles. The van der Waals surface area contributed by atoms with Crippen molar-refractivity contribution in [1.29, 1.82) is 0 Å². The van der Waals surface area contributed by atoms with Crippen LogP contribution in [0.1, 0.15) is 25.7 Å². The van der Waals surface area contributed by atoms with E-state index in [1.54, 1.807) is 7.05 Å². The summed E-state index contributed by atoms with van der Waals surface area (Å²) in [5.41, 5.74) is 0. The van der Waals surface area contributed by atoms with Crippen LogP contribution in [0.4, 0.5) is 0 Å². The van der Waals surface area contributed by atoms with Crippen LogP contribution in [0.5, 0.6) is 0 Å². The Labute approximate surface area is 69.5 Å². The summed E-state index contributed by atoms with van der Waals surface area (Å²) >= 11 is 0. The maximum absolute atomic E-state index is 10.6. The van der Waals surface area contributed by atoms with E-state index in [1.165, 1.54) is 4.31 Å². The standard InChI is InChI=1S/C7H14NO2S/c1-8(11(9)10)7-5-3-2-4-6-7/h2,7,11H,3-6H2,1H3. The maximum atomic E-state index is 10.6. The minimum Gasteiger partial charge on any atom is -0.215 e. The first kappa shape index (κ1) is 9.00. The van der Waals surface area contributed by atoms with Crippen LogP contribution in [0.25, 0.3) is 0 Å². The number of thiol groups is 1. The van der Waals surface area contributed by atoms with Gasteiger partial charge in [-0.25, -0.2) is 12.7 Å². The van der Waals surface area contributed by atoms with Crippen LogP contribution in [0.2, 0.25) is 0 Å². The second-order valence-corrected chi connectivity index (χ2v) is 4.02. The quantitative estimate of drug-likeness (QED) is 0.625. The van der Waals surface area contributed by atoms with Gasteiger partial charge in [0.15, 0.2) is 0 Å². The van der Waals surface area contributed by atoms with Gasteiger partial charge in [-0.3, -0.25) is 0 Å². The summed E-state index contributed by atoms with van der Waals surface area (Å²) < 4.78 is 22.6. The highest BCUT2D eigenvalue weighted by Gasteiger charge is 2.18. The zero-order chi connectivity index (χ0) is 8.27. The van der Waals surface area contributed by atoms with Gasteiger partial charge in [0.25, 0.3) is 0 Å². The molecule has 0 atom stereocenters. The molecule has 11 heavy (non-hydrogen) atoms. The van der Waals surface area contributed by atoms with Crippen molar-refractivity contribution in [3.8, 4) is 0 Å². The minimum absolute atomic E-state index is 0.251. The summed E-state index contributed by atoms with van der Waals surface area (Å²) in [6.07, 6.45) is 6.30. The Morgan fingerprint density at radius 1 is 1.36 bits per heavy atom. The molecule has 3 nitrogen and oxygen atoms in total. The maximum Gasteiger partial charge on any atom is 0.203 e. The lowest BCUT2D eigenvalue weighted by Crippen LogP contribution is -2.32. The van der Waals surface area contributed by atoms with Crippen molar-refractivity contribution in [3.05, 3.63) is 6.42 Å². The van der Waals surface area contributed by atoms with Crippen molar-refractivity contribution in [2.75, 3.05) is 7.05 Å². The molecule has 0 aromatic heterocycles. The first-order valence-electron chi connectivity index (χ1n) is 3.90. The van der Waals surface area contributed by atoms with Crippen molar-refractivity contribution < 1.29 is 8.42 Å². The molecule has 1 fully saturated rings. The topological polar surface area (TPSA) is 37.4 Å². The lowest BCUT2D eigenvalue weighted by atomic mass is 9.96. The number of hydrogen-bond acceptors (Lipinski definition) is 2. The fraction of sp³-hybridized carbons (Fsp3) is 0.857. The zero-order valence-electron chi connectivity index (χ0n) is 6.69. The summed E-state index contributed by atoms with van der Waals surface area (Å²) in [6.45, 7) is 0. The average Bonchev–Trinajstić information content (AvgIpc) is 2.05. The number of nitrogens with zero attached hydrogens (tertiary/aromatic N) is 1. The normalized spacial score (nSPS) is 21.4. The smallest absolute Gasteiger partial charge is 0.203 e. The molecule has 0 aromatic rings. The van der Waals surface area contributed by atoms with E-state index < -0.39 is 10.9 Å². The predicted molar refractivity (Wildman–Crippen MR) is 44.6 cm³/mol. The Bertz CT molecular complexity index is 177. The monoisotopic (exact) mass is 176 g/mol. The third-order valence-corrected chi connectivity index (χ3v) is 3.04. The molecular formula is C7H14NO2S. The highest BCUT2D eigenvalue weighted by molar-refractivity contribution is 7.69. The van der Waals surface area contributed by atoms with Crippen LogP contribution in [0.15, 0.2) is 0 Å². The molecule has 0 unspecified atom stereocenters. The lowest BCUT2D eigenvalue weighted by molar-refractivity contribution is 0.317. The Kier molecular flexibility index (Phi) is 3.33. The molecule has 4 heteroatoms. The van der Waals surface area contributed by atoms with Gasteiger partial charge in [0.05, 0.1) is 0 Å². The van der Waals surface area contributed by atoms with Crippen LogP contribution in [-0.4, -0.2) is 25.8 Å². The highest BCUT2D eigenvalue weighted by atomic mass is 32.2. The third kappa shape index (κ3) is 2.45. The largest absolute Gasteiger partial charge is 0.215 e. The second-order valence-electron chi connectivity index (χ2n) is 2.91. The van der Waals surface area contributed by atoms with Gasteiger partial charge in [0, 0.05) is 13.1 Å². The van der Waals surface area contributed by atoms with Gasteiger partial charge in [-0.2, -0.15) is 0 Å². The van der Waals surface area contributed by atoms with Crippen LogP contribution in [0, 0.1) is 6.42 Å². The molecule has 0 aromatic carbocycles. The van der Waals surface area contributed by atoms with Gasteiger partial charge < -0.3 is 0 Å². The van der Waals surface area contributed by atoms with Crippen molar-refractivity contribution in [2.24, 2.45) is 0 Å². The summed E-state index contributed by atoms with van der Waals surface area (Å²) in [4.78, 5) is 0. The van der Waals surface area contributed by atoms with E-state index in [2.05, 4.69) is 6.42 Å². The van der Waals surface area contributed by atoms with E-state index in [0.29, 0.717) is 0 Å². The Hall–Kier alpha value is -0.0900. The molecule has 0 aliphatic heterocycles. The van der Waals surface area contributed by atoms with Crippen LogP contribution in [-0.2, 0) is 10.9 Å². The van der Waals surface area contributed by atoms with Gasteiger partial charge >= 0.3 is 0 Å². The van der Waals surface area contributed by atoms with Crippen molar-refractivity contribution in [3.63, 3.8) is 0 Å². The summed E-state index contributed by atoms with van der Waals surface area (Å²) in [6, 6.07) is 0.251. The van der Waals surface area contributed by atoms with Crippen LogP contribution < -0.4 is 0 Å². The summed E-state index contributed by atoms with van der Waals surface area (Å²) in [7, 11) is -0.711. The molecule has 65 valence electrons. The Balaban J connectivity index is 2.44. The van der Waals surface area contributed by atoms with E-state index in [0.717, 1.165) is 25.7 Å². The molecule has 1 rings (SSSR count). The molecule has 0 N–H and O–H groups in total. The number of rotatable bonds is 2. The Morgan fingerprint density at radius 2 is 1.91 bits per heavy atom. The molecule has 0 bridgehead atoms. The van der Waals surface area contributed by atoms with Crippen LogP contribution >= 0.6 is 0 Å². The van der Waals surface area contributed by atoms with Gasteiger partial charge in [-0.05, 0) is 32.1 Å². The van der Waals surface area contributed by atoms with E-state index in [1.807, 2.05) is 0 Å². The molecule has 0 saturated heterocycles. The van der Waals surface area contributed by atoms with Crippen molar-refractivity contribution >= 4 is 10.9 Å². The van der Waals surface area contributed by atoms with Crippen molar-refractivity contribution in [1.82, 2.24) is 4.31 Å². The van der Waals surface area contributed by atoms with Crippen molar-refractivity contribution in [2.45, 2.75) is 31.7 Å². The molecule has 0 amide bonds. The summed E-state index contributed by atoms with van der Waals surface area (Å²) in [5.74, 6) is 0. The van der Waals surface area contributed by atoms with E-state index in [4.69, 9.17) is 0 Å². The molecule has 0 heterocycles. The predicted octanol–water partition coefficient (Wildman–Crippen LogP) is 0.591. The second kappa shape index (κ2) is 4.07. The molecule has 1 aliphatic rings. The average molecular weight is 176 g/mol. The number of hydrogen-bond donors (Lipinski definition) is 1. The fourth-order valence-electron chi connectivity index (χ4n) is 1.42. The van der Waals surface area contributed by atoms with Gasteiger partial charge in [-0.15, -0.1) is 0 Å². The fourth-order valence-corrected chi connectivity index (χ4v) is 1.91.